The smallest absolute Gasteiger partial charge is 0.148 e. The SMILES string of the molecule is Fc1cccc(-c2cnoc2C2CCNC2)c1. The molecule has 4 heteroatoms. The maximum Gasteiger partial charge on any atom is 0.148 e. The van der Waals surface area contributed by atoms with Gasteiger partial charge < -0.3 is 9.84 Å². The van der Waals surface area contributed by atoms with Crippen molar-refractivity contribution in [2.24, 2.45) is 0 Å². The summed E-state index contributed by atoms with van der Waals surface area (Å²) in [5.74, 6) is 0.968. The van der Waals surface area contributed by atoms with Gasteiger partial charge in [0.05, 0.1) is 6.20 Å². The molecule has 1 aliphatic heterocycles. The zero-order valence-corrected chi connectivity index (χ0v) is 9.32. The lowest BCUT2D eigenvalue weighted by Crippen LogP contribution is -2.07. The molecule has 1 saturated heterocycles. The van der Waals surface area contributed by atoms with Crippen LogP contribution >= 0.6 is 0 Å². The molecule has 0 aliphatic carbocycles. The van der Waals surface area contributed by atoms with Crippen molar-refractivity contribution < 1.29 is 8.91 Å². The van der Waals surface area contributed by atoms with Crippen molar-refractivity contribution in [2.75, 3.05) is 13.1 Å². The van der Waals surface area contributed by atoms with Crippen molar-refractivity contribution in [2.45, 2.75) is 12.3 Å². The van der Waals surface area contributed by atoms with Gasteiger partial charge in [-0.2, -0.15) is 0 Å². The number of hydrogen-bond acceptors (Lipinski definition) is 3. The Morgan fingerprint density at radius 2 is 2.35 bits per heavy atom. The van der Waals surface area contributed by atoms with E-state index in [1.54, 1.807) is 12.3 Å². The first-order valence-electron chi connectivity index (χ1n) is 5.76. The Bertz CT molecular complexity index is 518. The van der Waals surface area contributed by atoms with Crippen LogP contribution in [0, 0.1) is 5.82 Å². The Hall–Kier alpha value is -1.68. The summed E-state index contributed by atoms with van der Waals surface area (Å²) in [5, 5.41) is 7.14. The topological polar surface area (TPSA) is 38.1 Å². The fourth-order valence-electron chi connectivity index (χ4n) is 2.29. The zero-order valence-electron chi connectivity index (χ0n) is 9.32. The molecule has 1 atom stereocenters. The second kappa shape index (κ2) is 4.30. The van der Waals surface area contributed by atoms with Crippen LogP contribution in [0.5, 0.6) is 0 Å². The highest BCUT2D eigenvalue weighted by Crippen LogP contribution is 2.32. The van der Waals surface area contributed by atoms with Gasteiger partial charge in [-0.15, -0.1) is 0 Å². The van der Waals surface area contributed by atoms with Crippen LogP contribution in [-0.2, 0) is 0 Å². The van der Waals surface area contributed by atoms with E-state index in [1.165, 1.54) is 12.1 Å². The summed E-state index contributed by atoms with van der Waals surface area (Å²) in [7, 11) is 0. The van der Waals surface area contributed by atoms with Crippen molar-refractivity contribution in [1.82, 2.24) is 10.5 Å². The van der Waals surface area contributed by atoms with Gasteiger partial charge in [-0.1, -0.05) is 17.3 Å². The zero-order chi connectivity index (χ0) is 11.7. The monoisotopic (exact) mass is 232 g/mol. The van der Waals surface area contributed by atoms with E-state index in [1.807, 2.05) is 6.07 Å². The van der Waals surface area contributed by atoms with Crippen LogP contribution in [0.1, 0.15) is 18.1 Å². The third-order valence-corrected chi connectivity index (χ3v) is 3.17. The fourth-order valence-corrected chi connectivity index (χ4v) is 2.29. The first kappa shape index (κ1) is 10.5. The average molecular weight is 232 g/mol. The highest BCUT2D eigenvalue weighted by atomic mass is 19.1. The van der Waals surface area contributed by atoms with Crippen molar-refractivity contribution in [3.05, 3.63) is 42.0 Å². The van der Waals surface area contributed by atoms with E-state index in [4.69, 9.17) is 4.52 Å². The molecule has 1 aromatic carbocycles. The first-order valence-corrected chi connectivity index (χ1v) is 5.76. The minimum Gasteiger partial charge on any atom is -0.360 e. The van der Waals surface area contributed by atoms with Gasteiger partial charge in [0, 0.05) is 18.0 Å². The van der Waals surface area contributed by atoms with Gasteiger partial charge in [0.25, 0.3) is 0 Å². The molecule has 88 valence electrons. The Balaban J connectivity index is 2.00. The molecule has 3 rings (SSSR count). The van der Waals surface area contributed by atoms with E-state index in [-0.39, 0.29) is 5.82 Å². The number of hydrogen-bond donors (Lipinski definition) is 1. The predicted molar refractivity (Wildman–Crippen MR) is 62.1 cm³/mol. The van der Waals surface area contributed by atoms with Gasteiger partial charge in [-0.25, -0.2) is 4.39 Å². The third-order valence-electron chi connectivity index (χ3n) is 3.17. The third kappa shape index (κ3) is 1.96. The largest absolute Gasteiger partial charge is 0.360 e. The van der Waals surface area contributed by atoms with E-state index in [9.17, 15) is 4.39 Å². The van der Waals surface area contributed by atoms with Crippen LogP contribution < -0.4 is 5.32 Å². The average Bonchev–Trinajstić information content (AvgIpc) is 3.00. The fraction of sp³-hybridized carbons (Fsp3) is 0.308. The van der Waals surface area contributed by atoms with Crippen LogP contribution in [0.2, 0.25) is 0 Å². The molecule has 0 saturated carbocycles. The van der Waals surface area contributed by atoms with Gasteiger partial charge in [-0.05, 0) is 30.7 Å². The van der Waals surface area contributed by atoms with E-state index in [2.05, 4.69) is 10.5 Å². The van der Waals surface area contributed by atoms with Crippen LogP contribution in [0.4, 0.5) is 4.39 Å². The number of nitrogens with zero attached hydrogens (tertiary/aromatic N) is 1. The normalized spacial score (nSPS) is 19.7. The molecule has 1 N–H and O–H groups in total. The van der Waals surface area contributed by atoms with Gasteiger partial charge >= 0.3 is 0 Å². The quantitative estimate of drug-likeness (QED) is 0.864. The molecule has 2 aromatic rings. The number of benzene rings is 1. The van der Waals surface area contributed by atoms with Crippen LogP contribution in [0.15, 0.2) is 35.0 Å². The number of halogens is 1. The van der Waals surface area contributed by atoms with Gasteiger partial charge in [0.15, 0.2) is 0 Å². The lowest BCUT2D eigenvalue weighted by molar-refractivity contribution is 0.366. The maximum absolute atomic E-state index is 13.2. The molecule has 0 radical (unpaired) electrons. The number of nitrogens with one attached hydrogen (secondary N) is 1. The van der Waals surface area contributed by atoms with Gasteiger partial charge in [0.1, 0.15) is 11.6 Å². The Morgan fingerprint density at radius 3 is 3.12 bits per heavy atom. The minimum absolute atomic E-state index is 0.237. The van der Waals surface area contributed by atoms with Crippen molar-refractivity contribution in [3.63, 3.8) is 0 Å². The van der Waals surface area contributed by atoms with Crippen LogP contribution in [0.25, 0.3) is 11.1 Å². The maximum atomic E-state index is 13.2. The van der Waals surface area contributed by atoms with Crippen LogP contribution in [-0.4, -0.2) is 18.2 Å². The summed E-state index contributed by atoms with van der Waals surface area (Å²) >= 11 is 0. The second-order valence-corrected chi connectivity index (χ2v) is 4.30. The van der Waals surface area contributed by atoms with Gasteiger partial charge in [0.2, 0.25) is 0 Å². The standard InChI is InChI=1S/C13H13FN2O/c14-11-3-1-2-9(6-11)12-8-16-17-13(12)10-4-5-15-7-10/h1-3,6,8,10,15H,4-5,7H2. The van der Waals surface area contributed by atoms with Crippen LogP contribution in [0.3, 0.4) is 0 Å². The summed E-state index contributed by atoms with van der Waals surface area (Å²) < 4.78 is 18.5. The molecule has 0 amide bonds. The molecule has 1 unspecified atom stereocenters. The Kier molecular flexibility index (Phi) is 2.65. The molecule has 0 spiro atoms. The molecular weight excluding hydrogens is 219 g/mol. The minimum atomic E-state index is -0.237. The molecule has 1 aliphatic rings. The Morgan fingerprint density at radius 1 is 1.41 bits per heavy atom. The second-order valence-electron chi connectivity index (χ2n) is 4.30. The summed E-state index contributed by atoms with van der Waals surface area (Å²) in [6.07, 6.45) is 2.71. The highest BCUT2D eigenvalue weighted by Gasteiger charge is 2.24. The summed E-state index contributed by atoms with van der Waals surface area (Å²) in [6, 6.07) is 6.53. The lowest BCUT2D eigenvalue weighted by atomic mass is 9.98. The summed E-state index contributed by atoms with van der Waals surface area (Å²) in [4.78, 5) is 0. The van der Waals surface area contributed by atoms with E-state index >= 15 is 0 Å². The molecular formula is C13H13FN2O. The first-order chi connectivity index (χ1) is 8.34. The van der Waals surface area contributed by atoms with E-state index in [0.717, 1.165) is 36.4 Å². The molecule has 2 heterocycles. The number of aromatic nitrogens is 1. The van der Waals surface area contributed by atoms with Crippen molar-refractivity contribution in [1.29, 1.82) is 0 Å². The Labute approximate surface area is 98.6 Å². The van der Waals surface area contributed by atoms with E-state index < -0.39 is 0 Å². The number of rotatable bonds is 2. The molecule has 17 heavy (non-hydrogen) atoms. The highest BCUT2D eigenvalue weighted by molar-refractivity contribution is 5.65. The molecule has 1 aromatic heterocycles. The van der Waals surface area contributed by atoms with E-state index in [0.29, 0.717) is 5.92 Å². The summed E-state index contributed by atoms with van der Waals surface area (Å²) in [6.45, 7) is 1.89. The van der Waals surface area contributed by atoms with Gasteiger partial charge in [-0.3, -0.25) is 0 Å². The molecule has 3 nitrogen and oxygen atoms in total. The molecule has 1 fully saturated rings. The lowest BCUT2D eigenvalue weighted by Gasteiger charge is -2.06. The summed E-state index contributed by atoms with van der Waals surface area (Å²) in [5.41, 5.74) is 1.73. The molecule has 0 bridgehead atoms. The van der Waals surface area contributed by atoms with Crippen molar-refractivity contribution in [3.8, 4) is 11.1 Å². The predicted octanol–water partition coefficient (Wildman–Crippen LogP) is 2.56. The van der Waals surface area contributed by atoms with Crippen molar-refractivity contribution >= 4 is 0 Å².